The Bertz CT molecular complexity index is 784. The molecule has 7 heteroatoms. The monoisotopic (exact) mass is 427 g/mol. The Balaban J connectivity index is 1.40. The highest BCUT2D eigenvalue weighted by atomic mass is 16.5. The zero-order valence-corrected chi connectivity index (χ0v) is 18.1. The molecular weight excluding hydrogens is 394 g/mol. The Hall–Kier alpha value is -2.41. The number of rotatable bonds is 7. The number of hydrogen-bond donors (Lipinski definition) is 1. The van der Waals surface area contributed by atoms with Gasteiger partial charge in [0, 0.05) is 32.0 Å². The number of likely N-dealkylation sites (tertiary alicyclic amines) is 2. The second kappa shape index (κ2) is 10.3. The van der Waals surface area contributed by atoms with Gasteiger partial charge in [0.2, 0.25) is 17.7 Å². The SMILES string of the molecule is O=C1CCCC[C@@H]2[C@H](C[C@@H](Cc3ccccc3)N2C(=O)COCCN2CCCC2=O)N1. The summed E-state index contributed by atoms with van der Waals surface area (Å²) in [5.74, 6) is 0.246. The van der Waals surface area contributed by atoms with Crippen molar-refractivity contribution >= 4 is 17.7 Å². The van der Waals surface area contributed by atoms with Crippen LogP contribution in [0.25, 0.3) is 0 Å². The summed E-state index contributed by atoms with van der Waals surface area (Å²) in [5.41, 5.74) is 1.19. The van der Waals surface area contributed by atoms with E-state index in [2.05, 4.69) is 17.4 Å². The number of nitrogens with one attached hydrogen (secondary N) is 1. The first-order chi connectivity index (χ1) is 15.1. The third-order valence-corrected chi connectivity index (χ3v) is 6.75. The molecular formula is C24H33N3O4. The van der Waals surface area contributed by atoms with Crippen LogP contribution in [0, 0.1) is 0 Å². The molecule has 3 heterocycles. The number of carbonyl (C=O) groups is 3. The zero-order valence-electron chi connectivity index (χ0n) is 18.1. The van der Waals surface area contributed by atoms with E-state index in [9.17, 15) is 14.4 Å². The van der Waals surface area contributed by atoms with Crippen molar-refractivity contribution in [2.75, 3.05) is 26.3 Å². The summed E-state index contributed by atoms with van der Waals surface area (Å²) in [5, 5.41) is 3.17. The van der Waals surface area contributed by atoms with Gasteiger partial charge >= 0.3 is 0 Å². The van der Waals surface area contributed by atoms with E-state index in [1.807, 2.05) is 23.1 Å². The first kappa shape index (κ1) is 21.8. The van der Waals surface area contributed by atoms with Crippen molar-refractivity contribution in [2.24, 2.45) is 0 Å². The van der Waals surface area contributed by atoms with Crippen LogP contribution in [0.5, 0.6) is 0 Å². The van der Waals surface area contributed by atoms with Gasteiger partial charge in [0.25, 0.3) is 0 Å². The topological polar surface area (TPSA) is 79.0 Å². The van der Waals surface area contributed by atoms with E-state index in [4.69, 9.17) is 4.74 Å². The summed E-state index contributed by atoms with van der Waals surface area (Å²) in [6, 6.07) is 10.3. The molecule has 3 fully saturated rings. The number of nitrogens with zero attached hydrogens (tertiary/aromatic N) is 2. The molecule has 0 aromatic heterocycles. The molecule has 0 aliphatic carbocycles. The first-order valence-electron chi connectivity index (χ1n) is 11.6. The molecule has 3 aliphatic heterocycles. The molecule has 168 valence electrons. The number of hydrogen-bond acceptors (Lipinski definition) is 4. The van der Waals surface area contributed by atoms with Crippen molar-refractivity contribution in [3.05, 3.63) is 35.9 Å². The van der Waals surface area contributed by atoms with Crippen LogP contribution in [0.1, 0.15) is 50.5 Å². The van der Waals surface area contributed by atoms with Crippen molar-refractivity contribution in [1.82, 2.24) is 15.1 Å². The van der Waals surface area contributed by atoms with Crippen molar-refractivity contribution in [3.63, 3.8) is 0 Å². The summed E-state index contributed by atoms with van der Waals surface area (Å²) >= 11 is 0. The molecule has 3 saturated heterocycles. The second-order valence-corrected chi connectivity index (χ2v) is 8.90. The lowest BCUT2D eigenvalue weighted by Crippen LogP contribution is -2.50. The number of amides is 3. The number of fused-ring (bicyclic) bond motifs is 1. The standard InChI is InChI=1S/C24H33N3O4/c28-22-10-5-4-9-21-20(25-22)16-19(15-18-7-2-1-3-8-18)27(21)24(30)17-31-14-13-26-12-6-11-23(26)29/h1-3,7-8,19-21H,4-6,9-17H2,(H,25,28)/t19-,20+,21-/m1/s1. The van der Waals surface area contributed by atoms with Crippen LogP contribution >= 0.6 is 0 Å². The molecule has 0 bridgehead atoms. The largest absolute Gasteiger partial charge is 0.370 e. The minimum atomic E-state index is -0.0176. The van der Waals surface area contributed by atoms with Gasteiger partial charge in [0.1, 0.15) is 6.61 Å². The molecule has 1 aromatic carbocycles. The van der Waals surface area contributed by atoms with Gasteiger partial charge in [-0.15, -0.1) is 0 Å². The van der Waals surface area contributed by atoms with Crippen LogP contribution in [0.3, 0.4) is 0 Å². The molecule has 0 saturated carbocycles. The molecule has 0 spiro atoms. The lowest BCUT2D eigenvalue weighted by molar-refractivity contribution is -0.140. The smallest absolute Gasteiger partial charge is 0.249 e. The maximum atomic E-state index is 13.2. The van der Waals surface area contributed by atoms with E-state index in [-0.39, 0.29) is 42.5 Å². The fraction of sp³-hybridized carbons (Fsp3) is 0.625. The van der Waals surface area contributed by atoms with Gasteiger partial charge in [0.05, 0.1) is 18.7 Å². The molecule has 1 aromatic rings. The van der Waals surface area contributed by atoms with Gasteiger partial charge in [-0.05, 0) is 37.7 Å². The van der Waals surface area contributed by atoms with E-state index >= 15 is 0 Å². The maximum absolute atomic E-state index is 13.2. The quantitative estimate of drug-likeness (QED) is 0.674. The van der Waals surface area contributed by atoms with Crippen molar-refractivity contribution in [2.45, 2.75) is 69.5 Å². The molecule has 0 unspecified atom stereocenters. The Morgan fingerprint density at radius 2 is 1.94 bits per heavy atom. The Morgan fingerprint density at radius 3 is 2.71 bits per heavy atom. The van der Waals surface area contributed by atoms with Crippen LogP contribution < -0.4 is 5.32 Å². The first-order valence-corrected chi connectivity index (χ1v) is 11.6. The summed E-state index contributed by atoms with van der Waals surface area (Å²) in [6.45, 7) is 1.72. The van der Waals surface area contributed by atoms with Crippen molar-refractivity contribution < 1.29 is 19.1 Å². The fourth-order valence-electron chi connectivity index (χ4n) is 5.25. The second-order valence-electron chi connectivity index (χ2n) is 8.90. The zero-order chi connectivity index (χ0) is 21.6. The van der Waals surface area contributed by atoms with E-state index in [0.717, 1.165) is 45.1 Å². The lowest BCUT2D eigenvalue weighted by atomic mass is 9.97. The Labute approximate surface area is 184 Å². The third-order valence-electron chi connectivity index (χ3n) is 6.75. The number of carbonyl (C=O) groups excluding carboxylic acids is 3. The highest BCUT2D eigenvalue weighted by Gasteiger charge is 2.44. The molecule has 3 amide bonds. The van der Waals surface area contributed by atoms with Crippen LogP contribution in [-0.2, 0) is 25.5 Å². The van der Waals surface area contributed by atoms with Gasteiger partial charge < -0.3 is 19.9 Å². The predicted molar refractivity (Wildman–Crippen MR) is 116 cm³/mol. The highest BCUT2D eigenvalue weighted by molar-refractivity contribution is 5.80. The van der Waals surface area contributed by atoms with Gasteiger partial charge in [-0.3, -0.25) is 14.4 Å². The summed E-state index contributed by atoms with van der Waals surface area (Å²) in [4.78, 5) is 41.0. The van der Waals surface area contributed by atoms with Crippen LogP contribution in [0.15, 0.2) is 30.3 Å². The molecule has 3 atom stereocenters. The van der Waals surface area contributed by atoms with Crippen LogP contribution in [0.4, 0.5) is 0 Å². The van der Waals surface area contributed by atoms with E-state index < -0.39 is 0 Å². The van der Waals surface area contributed by atoms with Gasteiger partial charge in [-0.1, -0.05) is 36.8 Å². The molecule has 3 aliphatic rings. The van der Waals surface area contributed by atoms with E-state index in [1.54, 1.807) is 4.90 Å². The lowest BCUT2D eigenvalue weighted by Gasteiger charge is -2.33. The average Bonchev–Trinajstić information content (AvgIpc) is 3.30. The highest BCUT2D eigenvalue weighted by Crippen LogP contribution is 2.32. The van der Waals surface area contributed by atoms with Crippen LogP contribution in [-0.4, -0.2) is 72.0 Å². The van der Waals surface area contributed by atoms with Crippen LogP contribution in [0.2, 0.25) is 0 Å². The molecule has 4 rings (SSSR count). The van der Waals surface area contributed by atoms with Crippen molar-refractivity contribution in [3.8, 4) is 0 Å². The molecule has 31 heavy (non-hydrogen) atoms. The van der Waals surface area contributed by atoms with E-state index in [0.29, 0.717) is 26.0 Å². The normalized spacial score (nSPS) is 26.4. The fourth-order valence-corrected chi connectivity index (χ4v) is 5.25. The summed E-state index contributed by atoms with van der Waals surface area (Å²) < 4.78 is 5.70. The van der Waals surface area contributed by atoms with Crippen molar-refractivity contribution in [1.29, 1.82) is 0 Å². The summed E-state index contributed by atoms with van der Waals surface area (Å²) in [6.07, 6.45) is 6.36. The molecule has 0 radical (unpaired) electrons. The maximum Gasteiger partial charge on any atom is 0.249 e. The van der Waals surface area contributed by atoms with Gasteiger partial charge in [-0.2, -0.15) is 0 Å². The van der Waals surface area contributed by atoms with E-state index in [1.165, 1.54) is 5.56 Å². The minimum Gasteiger partial charge on any atom is -0.370 e. The average molecular weight is 428 g/mol. The minimum absolute atomic E-state index is 0.00711. The third kappa shape index (κ3) is 5.45. The number of benzene rings is 1. The van der Waals surface area contributed by atoms with Gasteiger partial charge in [-0.25, -0.2) is 0 Å². The van der Waals surface area contributed by atoms with Gasteiger partial charge in [0.15, 0.2) is 0 Å². The molecule has 7 nitrogen and oxygen atoms in total. The Kier molecular flexibility index (Phi) is 7.22. The number of ether oxygens (including phenoxy) is 1. The molecule has 1 N–H and O–H groups in total. The Morgan fingerprint density at radius 1 is 1.10 bits per heavy atom. The summed E-state index contributed by atoms with van der Waals surface area (Å²) in [7, 11) is 0. The predicted octanol–water partition coefficient (Wildman–Crippen LogP) is 1.90.